The van der Waals surface area contributed by atoms with E-state index < -0.39 is 11.5 Å². The Kier molecular flexibility index (Phi) is 4.51. The molecule has 0 spiro atoms. The van der Waals surface area contributed by atoms with Gasteiger partial charge >= 0.3 is 5.97 Å². The maximum absolute atomic E-state index is 12.0. The Balaban J connectivity index is 2.64. The summed E-state index contributed by atoms with van der Waals surface area (Å²) in [4.78, 5) is 24.8. The first kappa shape index (κ1) is 14.0. The van der Waals surface area contributed by atoms with Crippen LogP contribution in [0.1, 0.15) is 40.0 Å². The summed E-state index contributed by atoms with van der Waals surface area (Å²) in [6.45, 7) is 6.38. The third-order valence-electron chi connectivity index (χ3n) is 2.65. The molecule has 0 aromatic heterocycles. The first-order chi connectivity index (χ1) is 7.79. The molecule has 5 nitrogen and oxygen atoms in total. The lowest BCUT2D eigenvalue weighted by molar-refractivity contribution is -0.162. The fourth-order valence-corrected chi connectivity index (χ4v) is 2.02. The van der Waals surface area contributed by atoms with Crippen LogP contribution < -0.4 is 5.73 Å². The van der Waals surface area contributed by atoms with E-state index in [9.17, 15) is 9.59 Å². The maximum atomic E-state index is 12.0. The summed E-state index contributed by atoms with van der Waals surface area (Å²) in [5.41, 5.74) is 4.69. The van der Waals surface area contributed by atoms with Gasteiger partial charge < -0.3 is 10.5 Å². The highest BCUT2D eigenvalue weighted by atomic mass is 16.6. The first-order valence-corrected chi connectivity index (χ1v) is 6.05. The Bertz CT molecular complexity index is 297. The number of nitrogens with zero attached hydrogens (tertiary/aromatic N) is 1. The van der Waals surface area contributed by atoms with Crippen LogP contribution in [0, 0.1) is 0 Å². The van der Waals surface area contributed by atoms with Crippen molar-refractivity contribution in [1.82, 2.24) is 4.90 Å². The van der Waals surface area contributed by atoms with Crippen LogP contribution >= 0.6 is 0 Å². The third-order valence-corrected chi connectivity index (χ3v) is 2.65. The predicted octanol–water partition coefficient (Wildman–Crippen LogP) is 0.668. The van der Waals surface area contributed by atoms with E-state index in [1.807, 2.05) is 25.7 Å². The van der Waals surface area contributed by atoms with E-state index in [1.165, 1.54) is 0 Å². The quantitative estimate of drug-likeness (QED) is 0.738. The van der Waals surface area contributed by atoms with Crippen LogP contribution in [-0.4, -0.2) is 41.5 Å². The number of amides is 1. The zero-order valence-electron chi connectivity index (χ0n) is 10.9. The molecule has 0 aliphatic carbocycles. The van der Waals surface area contributed by atoms with Gasteiger partial charge in [0, 0.05) is 0 Å². The molecule has 98 valence electrons. The summed E-state index contributed by atoms with van der Waals surface area (Å²) in [6, 6.07) is -0.324. The molecule has 1 amide bonds. The summed E-state index contributed by atoms with van der Waals surface area (Å²) in [5.74, 6) is -0.654. The van der Waals surface area contributed by atoms with Crippen LogP contribution in [0.5, 0.6) is 0 Å². The number of hydrogen-bond donors (Lipinski definition) is 1. The van der Waals surface area contributed by atoms with Crippen LogP contribution in [0.3, 0.4) is 0 Å². The number of rotatable bonds is 3. The number of piperidine rings is 1. The smallest absolute Gasteiger partial charge is 0.323 e. The molecule has 1 aliphatic heterocycles. The highest BCUT2D eigenvalue weighted by Crippen LogP contribution is 2.20. The Morgan fingerprint density at radius 1 is 1.35 bits per heavy atom. The number of likely N-dealkylation sites (tertiary alicyclic amines) is 1. The number of hydrogen-bond acceptors (Lipinski definition) is 4. The lowest BCUT2D eigenvalue weighted by Crippen LogP contribution is -2.50. The zero-order chi connectivity index (χ0) is 13.1. The van der Waals surface area contributed by atoms with Crippen LogP contribution in [-0.2, 0) is 14.3 Å². The molecule has 0 radical (unpaired) electrons. The van der Waals surface area contributed by atoms with Crippen molar-refractivity contribution in [3.05, 3.63) is 0 Å². The Morgan fingerprint density at radius 3 is 2.53 bits per heavy atom. The highest BCUT2D eigenvalue weighted by molar-refractivity contribution is 5.79. The SMILES string of the molecule is CC(C)(C)OC(=O)C1CCCCN1CC(N)=O. The molecule has 0 bridgehead atoms. The molecule has 1 heterocycles. The van der Waals surface area contributed by atoms with Gasteiger partial charge in [-0.15, -0.1) is 0 Å². The molecule has 2 N–H and O–H groups in total. The molecular formula is C12H22N2O3. The lowest BCUT2D eigenvalue weighted by Gasteiger charge is -2.34. The number of primary amides is 1. The topological polar surface area (TPSA) is 72.6 Å². The number of carbonyl (C=O) groups is 2. The van der Waals surface area contributed by atoms with E-state index in [-0.39, 0.29) is 18.6 Å². The van der Waals surface area contributed by atoms with Crippen molar-refractivity contribution >= 4 is 11.9 Å². The van der Waals surface area contributed by atoms with Gasteiger partial charge in [0.1, 0.15) is 11.6 Å². The third kappa shape index (κ3) is 4.73. The minimum atomic E-state index is -0.493. The minimum absolute atomic E-state index is 0.129. The Hall–Kier alpha value is -1.10. The Morgan fingerprint density at radius 2 is 2.00 bits per heavy atom. The van der Waals surface area contributed by atoms with Crippen molar-refractivity contribution in [2.75, 3.05) is 13.1 Å². The fourth-order valence-electron chi connectivity index (χ4n) is 2.02. The Labute approximate surface area is 102 Å². The number of ether oxygens (including phenoxy) is 1. The monoisotopic (exact) mass is 242 g/mol. The first-order valence-electron chi connectivity index (χ1n) is 6.05. The molecular weight excluding hydrogens is 220 g/mol. The molecule has 0 aromatic rings. The van der Waals surface area contributed by atoms with Crippen LogP contribution in [0.25, 0.3) is 0 Å². The van der Waals surface area contributed by atoms with E-state index in [0.29, 0.717) is 0 Å². The van der Waals surface area contributed by atoms with Crippen molar-refractivity contribution in [2.24, 2.45) is 5.73 Å². The van der Waals surface area contributed by atoms with Crippen LogP contribution in [0.15, 0.2) is 0 Å². The molecule has 1 rings (SSSR count). The second kappa shape index (κ2) is 5.49. The predicted molar refractivity (Wildman–Crippen MR) is 64.3 cm³/mol. The summed E-state index contributed by atoms with van der Waals surface area (Å²) >= 11 is 0. The van der Waals surface area contributed by atoms with Gasteiger partial charge in [-0.25, -0.2) is 0 Å². The van der Waals surface area contributed by atoms with E-state index >= 15 is 0 Å². The van der Waals surface area contributed by atoms with Gasteiger partial charge in [0.15, 0.2) is 0 Å². The lowest BCUT2D eigenvalue weighted by atomic mass is 10.0. The van der Waals surface area contributed by atoms with Crippen molar-refractivity contribution in [2.45, 2.75) is 51.7 Å². The van der Waals surface area contributed by atoms with E-state index in [4.69, 9.17) is 10.5 Å². The van der Waals surface area contributed by atoms with Gasteiger partial charge in [-0.2, -0.15) is 0 Å². The summed E-state index contributed by atoms with van der Waals surface area (Å²) in [7, 11) is 0. The van der Waals surface area contributed by atoms with Crippen molar-refractivity contribution < 1.29 is 14.3 Å². The molecule has 1 aliphatic rings. The minimum Gasteiger partial charge on any atom is -0.459 e. The van der Waals surface area contributed by atoms with E-state index in [1.54, 1.807) is 0 Å². The van der Waals surface area contributed by atoms with Crippen molar-refractivity contribution in [1.29, 1.82) is 0 Å². The zero-order valence-corrected chi connectivity index (χ0v) is 10.9. The van der Waals surface area contributed by atoms with Gasteiger partial charge in [-0.05, 0) is 40.2 Å². The van der Waals surface area contributed by atoms with Crippen LogP contribution in [0.2, 0.25) is 0 Å². The van der Waals surface area contributed by atoms with Crippen molar-refractivity contribution in [3.63, 3.8) is 0 Å². The normalized spacial score (nSPS) is 22.2. The van der Waals surface area contributed by atoms with Gasteiger partial charge in [0.2, 0.25) is 5.91 Å². The molecule has 0 aromatic carbocycles. The number of esters is 1. The fraction of sp³-hybridized carbons (Fsp3) is 0.833. The highest BCUT2D eigenvalue weighted by Gasteiger charge is 2.32. The molecule has 1 unspecified atom stereocenters. The molecule has 1 atom stereocenters. The molecule has 5 heteroatoms. The average Bonchev–Trinajstić information content (AvgIpc) is 2.14. The van der Waals surface area contributed by atoms with Gasteiger partial charge in [0.05, 0.1) is 6.54 Å². The van der Waals surface area contributed by atoms with Gasteiger partial charge in [-0.3, -0.25) is 14.5 Å². The van der Waals surface area contributed by atoms with Crippen molar-refractivity contribution in [3.8, 4) is 0 Å². The molecule has 1 fully saturated rings. The summed E-state index contributed by atoms with van der Waals surface area (Å²) < 4.78 is 5.36. The van der Waals surface area contributed by atoms with Gasteiger partial charge in [-0.1, -0.05) is 6.42 Å². The van der Waals surface area contributed by atoms with E-state index in [2.05, 4.69) is 0 Å². The molecule has 1 saturated heterocycles. The largest absolute Gasteiger partial charge is 0.459 e. The van der Waals surface area contributed by atoms with Crippen LogP contribution in [0.4, 0.5) is 0 Å². The number of carbonyl (C=O) groups excluding carboxylic acids is 2. The maximum Gasteiger partial charge on any atom is 0.323 e. The second-order valence-corrected chi connectivity index (χ2v) is 5.48. The second-order valence-electron chi connectivity index (χ2n) is 5.48. The number of nitrogens with two attached hydrogens (primary N) is 1. The van der Waals surface area contributed by atoms with E-state index in [0.717, 1.165) is 25.8 Å². The summed E-state index contributed by atoms with van der Waals surface area (Å²) in [6.07, 6.45) is 2.72. The summed E-state index contributed by atoms with van der Waals surface area (Å²) in [5, 5.41) is 0. The average molecular weight is 242 g/mol. The molecule has 17 heavy (non-hydrogen) atoms. The standard InChI is InChI=1S/C12H22N2O3/c1-12(2,3)17-11(16)9-6-4-5-7-14(9)8-10(13)15/h9H,4-8H2,1-3H3,(H2,13,15). The molecule has 0 saturated carbocycles. The van der Waals surface area contributed by atoms with Gasteiger partial charge in [0.25, 0.3) is 0 Å².